The molecule has 7 heteroatoms. The Morgan fingerprint density at radius 2 is 2.23 bits per heavy atom. The van der Waals surface area contributed by atoms with Crippen LogP contribution in [0.3, 0.4) is 0 Å². The van der Waals surface area contributed by atoms with Crippen LogP contribution in [0.5, 0.6) is 0 Å². The summed E-state index contributed by atoms with van der Waals surface area (Å²) in [7, 11) is 0. The molecule has 1 atom stereocenters. The van der Waals surface area contributed by atoms with Crippen molar-refractivity contribution >= 4 is 18.1 Å². The standard InChI is InChI=1S/C15H22N4O3/c1-3-22-15(21)4-5-18-6-7-19(12(2)10-18)14-9-16-13(11-20)8-17-14/h8-9,11-12H,3-7,10H2,1-2H3. The Hall–Kier alpha value is -2.02. The zero-order valence-corrected chi connectivity index (χ0v) is 13.1. The average molecular weight is 306 g/mol. The molecule has 0 amide bonds. The molecule has 0 bridgehead atoms. The van der Waals surface area contributed by atoms with E-state index in [2.05, 4.69) is 26.7 Å². The van der Waals surface area contributed by atoms with Gasteiger partial charge < -0.3 is 9.64 Å². The summed E-state index contributed by atoms with van der Waals surface area (Å²) < 4.78 is 4.95. The maximum Gasteiger partial charge on any atom is 0.307 e. The summed E-state index contributed by atoms with van der Waals surface area (Å²) in [5.74, 6) is 0.635. The van der Waals surface area contributed by atoms with Crippen LogP contribution in [-0.2, 0) is 9.53 Å². The van der Waals surface area contributed by atoms with E-state index in [-0.39, 0.29) is 12.0 Å². The van der Waals surface area contributed by atoms with Crippen LogP contribution in [0.4, 0.5) is 5.82 Å². The molecule has 2 rings (SSSR count). The Morgan fingerprint density at radius 3 is 2.82 bits per heavy atom. The molecule has 0 aromatic carbocycles. The molecule has 1 aromatic heterocycles. The number of ether oxygens (including phenoxy) is 1. The lowest BCUT2D eigenvalue weighted by molar-refractivity contribution is -0.143. The zero-order valence-electron chi connectivity index (χ0n) is 13.1. The highest BCUT2D eigenvalue weighted by Crippen LogP contribution is 2.17. The lowest BCUT2D eigenvalue weighted by Crippen LogP contribution is -2.52. The van der Waals surface area contributed by atoms with Gasteiger partial charge >= 0.3 is 5.97 Å². The highest BCUT2D eigenvalue weighted by atomic mass is 16.5. The molecule has 1 aromatic rings. The van der Waals surface area contributed by atoms with Gasteiger partial charge in [-0.1, -0.05) is 0 Å². The molecule has 1 aliphatic rings. The van der Waals surface area contributed by atoms with Gasteiger partial charge in [0.15, 0.2) is 6.29 Å². The van der Waals surface area contributed by atoms with Crippen molar-refractivity contribution in [2.75, 3.05) is 37.7 Å². The lowest BCUT2D eigenvalue weighted by Gasteiger charge is -2.40. The minimum Gasteiger partial charge on any atom is -0.466 e. The fourth-order valence-electron chi connectivity index (χ4n) is 2.60. The van der Waals surface area contributed by atoms with Crippen molar-refractivity contribution in [1.82, 2.24) is 14.9 Å². The first-order valence-electron chi connectivity index (χ1n) is 7.56. The molecule has 1 saturated heterocycles. The highest BCUT2D eigenvalue weighted by molar-refractivity contribution is 5.71. The summed E-state index contributed by atoms with van der Waals surface area (Å²) in [5.41, 5.74) is 0.337. The van der Waals surface area contributed by atoms with Gasteiger partial charge in [0.05, 0.1) is 25.4 Å². The summed E-state index contributed by atoms with van der Waals surface area (Å²) in [4.78, 5) is 34.8. The first kappa shape index (κ1) is 16.4. The molecule has 1 aliphatic heterocycles. The lowest BCUT2D eigenvalue weighted by atomic mass is 10.2. The van der Waals surface area contributed by atoms with E-state index in [4.69, 9.17) is 4.74 Å². The predicted molar refractivity (Wildman–Crippen MR) is 81.9 cm³/mol. The number of aromatic nitrogens is 2. The molecule has 0 N–H and O–H groups in total. The van der Waals surface area contributed by atoms with Gasteiger partial charge in [-0.3, -0.25) is 14.5 Å². The number of anilines is 1. The van der Waals surface area contributed by atoms with Crippen LogP contribution in [0, 0.1) is 0 Å². The molecule has 0 aliphatic carbocycles. The fourth-order valence-corrected chi connectivity index (χ4v) is 2.60. The third-order valence-electron chi connectivity index (χ3n) is 3.72. The number of hydrogen-bond donors (Lipinski definition) is 0. The van der Waals surface area contributed by atoms with Crippen LogP contribution in [0.1, 0.15) is 30.8 Å². The van der Waals surface area contributed by atoms with E-state index in [1.165, 1.54) is 6.20 Å². The second-order valence-electron chi connectivity index (χ2n) is 5.32. The van der Waals surface area contributed by atoms with E-state index in [1.54, 1.807) is 6.20 Å². The SMILES string of the molecule is CCOC(=O)CCN1CCN(c2cnc(C=O)cn2)C(C)C1. The minimum atomic E-state index is -0.145. The Morgan fingerprint density at radius 1 is 1.41 bits per heavy atom. The van der Waals surface area contributed by atoms with Crippen molar-refractivity contribution < 1.29 is 14.3 Å². The van der Waals surface area contributed by atoms with Gasteiger partial charge in [0.2, 0.25) is 0 Å². The van der Waals surface area contributed by atoms with Crippen LogP contribution in [0.25, 0.3) is 0 Å². The predicted octanol–water partition coefficient (Wildman–Crippen LogP) is 0.753. The van der Waals surface area contributed by atoms with E-state index < -0.39 is 0 Å². The number of hydrogen-bond acceptors (Lipinski definition) is 7. The van der Waals surface area contributed by atoms with Crippen molar-refractivity contribution in [3.8, 4) is 0 Å². The number of rotatable bonds is 6. The molecule has 120 valence electrons. The van der Waals surface area contributed by atoms with Gasteiger partial charge in [-0.05, 0) is 13.8 Å². The van der Waals surface area contributed by atoms with Gasteiger partial charge in [-0.2, -0.15) is 0 Å². The molecule has 0 radical (unpaired) electrons. The smallest absolute Gasteiger partial charge is 0.307 e. The Bertz CT molecular complexity index is 506. The molecule has 0 spiro atoms. The van der Waals surface area contributed by atoms with Crippen molar-refractivity contribution in [2.45, 2.75) is 26.3 Å². The maximum absolute atomic E-state index is 11.4. The van der Waals surface area contributed by atoms with Gasteiger partial charge in [-0.15, -0.1) is 0 Å². The molecule has 22 heavy (non-hydrogen) atoms. The Balaban J connectivity index is 1.86. The first-order valence-corrected chi connectivity index (χ1v) is 7.56. The Kier molecular flexibility index (Phi) is 5.83. The van der Waals surface area contributed by atoms with Crippen LogP contribution in [0.15, 0.2) is 12.4 Å². The molecule has 1 fully saturated rings. The topological polar surface area (TPSA) is 75.6 Å². The van der Waals surface area contributed by atoms with Crippen molar-refractivity contribution in [3.63, 3.8) is 0 Å². The maximum atomic E-state index is 11.4. The largest absolute Gasteiger partial charge is 0.466 e. The van der Waals surface area contributed by atoms with Gasteiger partial charge in [0.25, 0.3) is 0 Å². The van der Waals surface area contributed by atoms with E-state index in [1.807, 2.05) is 6.92 Å². The number of carbonyl (C=O) groups is 2. The summed E-state index contributed by atoms with van der Waals surface area (Å²) >= 11 is 0. The first-order chi connectivity index (χ1) is 10.6. The van der Waals surface area contributed by atoms with Crippen LogP contribution in [0.2, 0.25) is 0 Å². The normalized spacial score (nSPS) is 19.0. The van der Waals surface area contributed by atoms with Crippen molar-refractivity contribution in [2.24, 2.45) is 0 Å². The molecule has 1 unspecified atom stereocenters. The number of aldehydes is 1. The number of carbonyl (C=O) groups excluding carboxylic acids is 2. The summed E-state index contributed by atoms with van der Waals surface area (Å²) in [5, 5.41) is 0. The second kappa shape index (κ2) is 7.84. The zero-order chi connectivity index (χ0) is 15.9. The quantitative estimate of drug-likeness (QED) is 0.567. The summed E-state index contributed by atoms with van der Waals surface area (Å²) in [6.45, 7) is 7.61. The highest BCUT2D eigenvalue weighted by Gasteiger charge is 2.25. The van der Waals surface area contributed by atoms with E-state index in [0.29, 0.717) is 31.6 Å². The monoisotopic (exact) mass is 306 g/mol. The van der Waals surface area contributed by atoms with E-state index in [9.17, 15) is 9.59 Å². The Labute approximate surface area is 130 Å². The van der Waals surface area contributed by atoms with E-state index >= 15 is 0 Å². The molecule has 2 heterocycles. The number of nitrogens with zero attached hydrogens (tertiary/aromatic N) is 4. The van der Waals surface area contributed by atoms with E-state index in [0.717, 1.165) is 25.5 Å². The fraction of sp³-hybridized carbons (Fsp3) is 0.600. The van der Waals surface area contributed by atoms with Crippen LogP contribution in [-0.4, -0.2) is 66.0 Å². The van der Waals surface area contributed by atoms with Gasteiger partial charge in [0, 0.05) is 32.2 Å². The molecule has 7 nitrogen and oxygen atoms in total. The van der Waals surface area contributed by atoms with Gasteiger partial charge in [-0.25, -0.2) is 9.97 Å². The molecular formula is C15H22N4O3. The van der Waals surface area contributed by atoms with Crippen LogP contribution < -0.4 is 4.90 Å². The average Bonchev–Trinajstić information content (AvgIpc) is 2.53. The number of esters is 1. The molecular weight excluding hydrogens is 284 g/mol. The second-order valence-corrected chi connectivity index (χ2v) is 5.32. The number of piperazine rings is 1. The van der Waals surface area contributed by atoms with Gasteiger partial charge in [0.1, 0.15) is 11.5 Å². The van der Waals surface area contributed by atoms with Crippen molar-refractivity contribution in [1.29, 1.82) is 0 Å². The third-order valence-corrected chi connectivity index (χ3v) is 3.72. The summed E-state index contributed by atoms with van der Waals surface area (Å²) in [6.07, 6.45) is 4.23. The molecule has 0 saturated carbocycles. The summed E-state index contributed by atoms with van der Waals surface area (Å²) in [6, 6.07) is 0.271. The van der Waals surface area contributed by atoms with Crippen LogP contribution >= 0.6 is 0 Å². The minimum absolute atomic E-state index is 0.145. The van der Waals surface area contributed by atoms with Crippen molar-refractivity contribution in [3.05, 3.63) is 18.1 Å². The third kappa shape index (κ3) is 4.24.